The second-order valence-corrected chi connectivity index (χ2v) is 9.66. The van der Waals surface area contributed by atoms with Crippen LogP contribution in [0.1, 0.15) is 42.9 Å². The number of benzene rings is 2. The minimum Gasteiger partial charge on any atom is -0.489 e. The molecule has 1 aliphatic carbocycles. The first-order valence-corrected chi connectivity index (χ1v) is 12.4. The predicted molar refractivity (Wildman–Crippen MR) is 134 cm³/mol. The van der Waals surface area contributed by atoms with Gasteiger partial charge in [0.1, 0.15) is 41.2 Å². The van der Waals surface area contributed by atoms with E-state index in [4.69, 9.17) is 15.9 Å². The summed E-state index contributed by atoms with van der Waals surface area (Å²) in [4.78, 5) is 42.2. The molecule has 2 fully saturated rings. The maximum absolute atomic E-state index is 14.3. The van der Waals surface area contributed by atoms with E-state index in [1.165, 1.54) is 17.0 Å². The second kappa shape index (κ2) is 8.99. The minimum absolute atomic E-state index is 0.0262. The van der Waals surface area contributed by atoms with Crippen molar-refractivity contribution in [1.82, 2.24) is 24.8 Å². The lowest BCUT2D eigenvalue weighted by Crippen LogP contribution is -2.34. The van der Waals surface area contributed by atoms with Crippen LogP contribution in [0.5, 0.6) is 5.75 Å². The predicted octanol–water partition coefficient (Wildman–Crippen LogP) is 3.01. The number of carbonyl (C=O) groups is 2. The smallest absolute Gasteiger partial charge is 0.233 e. The summed E-state index contributed by atoms with van der Waals surface area (Å²) in [6.07, 6.45) is 3.80. The van der Waals surface area contributed by atoms with E-state index in [9.17, 15) is 14.0 Å². The zero-order valence-electron chi connectivity index (χ0n) is 20.0. The van der Waals surface area contributed by atoms with Crippen molar-refractivity contribution >= 4 is 39.7 Å². The van der Waals surface area contributed by atoms with E-state index < -0.39 is 5.82 Å². The molecule has 3 heterocycles. The van der Waals surface area contributed by atoms with Crippen molar-refractivity contribution in [2.24, 2.45) is 17.6 Å². The zero-order chi connectivity index (χ0) is 25.7. The molecule has 0 spiro atoms. The number of nitrogen functional groups attached to an aromatic ring is 1. The molecule has 37 heavy (non-hydrogen) atoms. The van der Waals surface area contributed by atoms with Crippen LogP contribution in [0.3, 0.4) is 0 Å². The normalized spacial score (nSPS) is 19.6. The number of hydrogen-bond donors (Lipinski definition) is 4. The Bertz CT molecular complexity index is 1530. The van der Waals surface area contributed by atoms with E-state index in [0.717, 1.165) is 36.7 Å². The summed E-state index contributed by atoms with van der Waals surface area (Å²) < 4.78 is 20.2. The van der Waals surface area contributed by atoms with Crippen LogP contribution in [-0.4, -0.2) is 55.6 Å². The zero-order valence-corrected chi connectivity index (χ0v) is 20.0. The van der Waals surface area contributed by atoms with Gasteiger partial charge in [-0.25, -0.2) is 14.4 Å². The number of aromatic nitrogens is 4. The first-order valence-electron chi connectivity index (χ1n) is 12.4. The summed E-state index contributed by atoms with van der Waals surface area (Å²) >= 11 is 0. The number of imidazole rings is 2. The fraction of sp³-hybridized carbons (Fsp3) is 0.346. The van der Waals surface area contributed by atoms with E-state index in [-0.39, 0.29) is 48.4 Å². The lowest BCUT2D eigenvalue weighted by molar-refractivity contribution is -0.140. The Balaban J connectivity index is 1.18. The summed E-state index contributed by atoms with van der Waals surface area (Å²) in [5, 5.41) is 7.60. The second-order valence-electron chi connectivity index (χ2n) is 9.66. The number of likely N-dealkylation sites (tertiary alicyclic amines) is 1. The van der Waals surface area contributed by atoms with Gasteiger partial charge in [0.15, 0.2) is 0 Å². The summed E-state index contributed by atoms with van der Waals surface area (Å²) in [6, 6.07) is 7.88. The van der Waals surface area contributed by atoms with Crippen LogP contribution in [0.25, 0.3) is 22.1 Å². The van der Waals surface area contributed by atoms with Gasteiger partial charge in [-0.1, -0.05) is 12.8 Å². The van der Waals surface area contributed by atoms with Crippen molar-refractivity contribution in [3.63, 3.8) is 0 Å². The molecule has 2 aromatic carbocycles. The molecule has 2 unspecified atom stereocenters. The standard InChI is InChI=1S/C26H26FN7O3/c27-14-10-19-23(20(11-14)37-8-7-34-25(35)15-3-1-2-4-16(15)26(34)36)33-22(32-19)12-21-30-17-6-5-13(24(28)29)9-18(17)31-21/h5-6,9-11,15-16H,1-4,7-8,12H2,(H3,28,29)(H,30,31)(H,32,33). The Hall–Kier alpha value is -4.28. The number of aromatic amines is 2. The Morgan fingerprint density at radius 2 is 1.76 bits per heavy atom. The molecular weight excluding hydrogens is 477 g/mol. The SMILES string of the molecule is N=C(N)c1ccc2nc(Cc3nc4c(OCCN5C(=O)C6CCCCC6C5=O)cc(F)cc4[nH]3)[nH]c2c1. The third-order valence-corrected chi connectivity index (χ3v) is 7.25. The Kier molecular flexibility index (Phi) is 5.62. The third kappa shape index (κ3) is 4.20. The average Bonchev–Trinajstić information content (AvgIpc) is 3.54. The van der Waals surface area contributed by atoms with Crippen LogP contribution >= 0.6 is 0 Å². The highest BCUT2D eigenvalue weighted by atomic mass is 19.1. The molecule has 2 aliphatic rings. The van der Waals surface area contributed by atoms with Gasteiger partial charge in [0.25, 0.3) is 0 Å². The summed E-state index contributed by atoms with van der Waals surface area (Å²) in [5.41, 5.74) is 8.58. The molecule has 11 heteroatoms. The van der Waals surface area contributed by atoms with Gasteiger partial charge in [0.2, 0.25) is 11.8 Å². The number of halogens is 1. The fourth-order valence-corrected chi connectivity index (χ4v) is 5.47. The molecule has 0 radical (unpaired) electrons. The first-order chi connectivity index (χ1) is 17.9. The lowest BCUT2D eigenvalue weighted by Gasteiger charge is -2.19. The molecule has 190 valence electrons. The Morgan fingerprint density at radius 3 is 2.49 bits per heavy atom. The molecule has 1 saturated carbocycles. The molecule has 2 amide bonds. The van der Waals surface area contributed by atoms with Gasteiger partial charge < -0.3 is 20.4 Å². The molecule has 6 rings (SSSR count). The largest absolute Gasteiger partial charge is 0.489 e. The van der Waals surface area contributed by atoms with Crippen molar-refractivity contribution in [3.05, 3.63) is 53.4 Å². The van der Waals surface area contributed by atoms with Gasteiger partial charge in [0.05, 0.1) is 41.4 Å². The van der Waals surface area contributed by atoms with Gasteiger partial charge in [0, 0.05) is 11.6 Å². The number of H-pyrrole nitrogens is 2. The number of amides is 2. The average molecular weight is 504 g/mol. The summed E-state index contributed by atoms with van der Waals surface area (Å²) in [7, 11) is 0. The number of rotatable bonds is 7. The van der Waals surface area contributed by atoms with Gasteiger partial charge >= 0.3 is 0 Å². The molecular formula is C26H26FN7O3. The molecule has 2 atom stereocenters. The molecule has 2 aromatic heterocycles. The molecule has 1 saturated heterocycles. The van der Waals surface area contributed by atoms with Crippen LogP contribution in [0.15, 0.2) is 30.3 Å². The molecule has 10 nitrogen and oxygen atoms in total. The number of nitrogens with two attached hydrogens (primary N) is 1. The lowest BCUT2D eigenvalue weighted by atomic mass is 9.81. The maximum Gasteiger partial charge on any atom is 0.233 e. The van der Waals surface area contributed by atoms with Crippen LogP contribution < -0.4 is 10.5 Å². The number of hydrogen-bond acceptors (Lipinski definition) is 6. The number of amidine groups is 1. The third-order valence-electron chi connectivity index (χ3n) is 7.25. The van der Waals surface area contributed by atoms with E-state index in [1.54, 1.807) is 18.2 Å². The van der Waals surface area contributed by atoms with E-state index in [1.807, 2.05) is 0 Å². The number of carbonyl (C=O) groups excluding carboxylic acids is 2. The van der Waals surface area contributed by atoms with Crippen molar-refractivity contribution in [2.45, 2.75) is 32.1 Å². The highest BCUT2D eigenvalue weighted by Gasteiger charge is 2.47. The maximum atomic E-state index is 14.3. The van der Waals surface area contributed by atoms with Crippen molar-refractivity contribution in [1.29, 1.82) is 5.41 Å². The van der Waals surface area contributed by atoms with Crippen molar-refractivity contribution in [2.75, 3.05) is 13.2 Å². The van der Waals surface area contributed by atoms with Crippen LogP contribution in [-0.2, 0) is 16.0 Å². The van der Waals surface area contributed by atoms with E-state index >= 15 is 0 Å². The summed E-state index contributed by atoms with van der Waals surface area (Å²) in [6.45, 7) is 0.181. The number of nitrogens with zero attached hydrogens (tertiary/aromatic N) is 3. The van der Waals surface area contributed by atoms with E-state index in [2.05, 4.69) is 19.9 Å². The van der Waals surface area contributed by atoms with Crippen LogP contribution in [0, 0.1) is 23.1 Å². The summed E-state index contributed by atoms with van der Waals surface area (Å²) in [5.74, 6) is 0.281. The van der Waals surface area contributed by atoms with Gasteiger partial charge in [-0.15, -0.1) is 0 Å². The molecule has 5 N–H and O–H groups in total. The van der Waals surface area contributed by atoms with Crippen molar-refractivity contribution < 1.29 is 18.7 Å². The minimum atomic E-state index is -0.488. The molecule has 0 bridgehead atoms. The molecule has 4 aromatic rings. The van der Waals surface area contributed by atoms with Crippen LogP contribution in [0.2, 0.25) is 0 Å². The highest BCUT2D eigenvalue weighted by Crippen LogP contribution is 2.38. The van der Waals surface area contributed by atoms with Gasteiger partial charge in [-0.05, 0) is 37.1 Å². The number of ether oxygens (including phenoxy) is 1. The number of imide groups is 1. The fourth-order valence-electron chi connectivity index (χ4n) is 5.47. The Morgan fingerprint density at radius 1 is 1.05 bits per heavy atom. The Labute approximate surface area is 210 Å². The van der Waals surface area contributed by atoms with Gasteiger partial charge in [-0.3, -0.25) is 19.9 Å². The van der Waals surface area contributed by atoms with Crippen LogP contribution in [0.4, 0.5) is 4.39 Å². The van der Waals surface area contributed by atoms with E-state index in [0.29, 0.717) is 34.7 Å². The quantitative estimate of drug-likeness (QED) is 0.173. The van der Waals surface area contributed by atoms with Crippen molar-refractivity contribution in [3.8, 4) is 5.75 Å². The monoisotopic (exact) mass is 503 g/mol. The first kappa shape index (κ1) is 23.1. The highest BCUT2D eigenvalue weighted by molar-refractivity contribution is 6.05. The number of fused-ring (bicyclic) bond motifs is 3. The number of nitrogens with one attached hydrogen (secondary N) is 3. The van der Waals surface area contributed by atoms with Gasteiger partial charge in [-0.2, -0.15) is 0 Å². The topological polar surface area (TPSA) is 154 Å². The molecule has 1 aliphatic heterocycles.